The van der Waals surface area contributed by atoms with Crippen molar-refractivity contribution in [3.05, 3.63) is 53.9 Å². The molecule has 0 saturated carbocycles. The Morgan fingerprint density at radius 1 is 1.26 bits per heavy atom. The van der Waals surface area contributed by atoms with Gasteiger partial charge in [-0.05, 0) is 31.5 Å². The highest BCUT2D eigenvalue weighted by Gasteiger charge is 2.27. The van der Waals surface area contributed by atoms with Gasteiger partial charge in [0.05, 0.1) is 25.8 Å². The van der Waals surface area contributed by atoms with E-state index in [0.717, 1.165) is 35.7 Å². The van der Waals surface area contributed by atoms with E-state index >= 15 is 0 Å². The number of nitrogens with one attached hydrogen (secondary N) is 2. The van der Waals surface area contributed by atoms with Crippen LogP contribution in [0.5, 0.6) is 11.5 Å². The number of carbonyl (C=O) groups is 1. The van der Waals surface area contributed by atoms with E-state index in [9.17, 15) is 4.79 Å². The van der Waals surface area contributed by atoms with Crippen molar-refractivity contribution in [2.24, 2.45) is 11.8 Å². The lowest BCUT2D eigenvalue weighted by Gasteiger charge is -2.29. The van der Waals surface area contributed by atoms with Gasteiger partial charge in [0, 0.05) is 36.8 Å². The summed E-state index contributed by atoms with van der Waals surface area (Å²) in [6.45, 7) is 4.54. The summed E-state index contributed by atoms with van der Waals surface area (Å²) in [7, 11) is 1.64. The fraction of sp³-hybridized carbons (Fsp3) is 0.429. The highest BCUT2D eigenvalue weighted by Crippen LogP contribution is 2.20. The molecule has 1 aliphatic heterocycles. The van der Waals surface area contributed by atoms with Crippen LogP contribution < -0.4 is 20.1 Å². The first-order chi connectivity index (χ1) is 13.2. The van der Waals surface area contributed by atoms with E-state index in [-0.39, 0.29) is 11.8 Å². The van der Waals surface area contributed by atoms with Gasteiger partial charge < -0.3 is 20.1 Å². The molecule has 0 bridgehead atoms. The first kappa shape index (κ1) is 19.2. The zero-order valence-electron chi connectivity index (χ0n) is 15.9. The molecule has 1 aromatic heterocycles. The van der Waals surface area contributed by atoms with Crippen molar-refractivity contribution >= 4 is 5.91 Å². The number of para-hydroxylation sites is 1. The molecule has 0 spiro atoms. The predicted octanol–water partition coefficient (Wildman–Crippen LogP) is 2.32. The minimum absolute atomic E-state index is 0.0572. The number of piperidine rings is 1. The largest absolute Gasteiger partial charge is 0.496 e. The normalized spacial score (nSPS) is 19.3. The Labute approximate surface area is 160 Å². The van der Waals surface area contributed by atoms with Gasteiger partial charge in [-0.25, -0.2) is 0 Å². The predicted molar refractivity (Wildman–Crippen MR) is 104 cm³/mol. The number of nitrogens with zero attached hydrogens (tertiary/aromatic N) is 1. The topological polar surface area (TPSA) is 72.5 Å². The Bertz CT molecular complexity index is 749. The van der Waals surface area contributed by atoms with Crippen molar-refractivity contribution in [1.82, 2.24) is 15.6 Å². The smallest absolute Gasteiger partial charge is 0.224 e. The summed E-state index contributed by atoms with van der Waals surface area (Å²) in [5.74, 6) is 1.86. The van der Waals surface area contributed by atoms with Gasteiger partial charge in [-0.15, -0.1) is 0 Å². The number of aryl methyl sites for hydroxylation is 1. The second-order valence-electron chi connectivity index (χ2n) is 6.93. The molecule has 6 nitrogen and oxygen atoms in total. The first-order valence-corrected chi connectivity index (χ1v) is 9.31. The van der Waals surface area contributed by atoms with Crippen molar-refractivity contribution < 1.29 is 14.3 Å². The molecule has 1 amide bonds. The average Bonchev–Trinajstić information content (AvgIpc) is 2.72. The SMILES string of the molecule is COc1ccccc1CNC(=O)[C@H]1CNC[C@@H](COc2ccc(C)nc2)C1. The van der Waals surface area contributed by atoms with E-state index in [2.05, 4.69) is 15.6 Å². The standard InChI is InChI=1S/C21H27N3O3/c1-15-7-8-19(13-23-15)27-14-16-9-18(11-22-10-16)21(25)24-12-17-5-3-4-6-20(17)26-2/h3-8,13,16,18,22H,9-12,14H2,1-2H3,(H,24,25)/t16-,18+/m0/s1. The van der Waals surface area contributed by atoms with Gasteiger partial charge >= 0.3 is 0 Å². The monoisotopic (exact) mass is 369 g/mol. The number of pyridine rings is 1. The fourth-order valence-electron chi connectivity index (χ4n) is 3.29. The second kappa shape index (κ2) is 9.37. The average molecular weight is 369 g/mol. The van der Waals surface area contributed by atoms with E-state index < -0.39 is 0 Å². The molecule has 0 aliphatic carbocycles. The zero-order valence-corrected chi connectivity index (χ0v) is 15.9. The highest BCUT2D eigenvalue weighted by molar-refractivity contribution is 5.79. The summed E-state index contributed by atoms with van der Waals surface area (Å²) in [5, 5.41) is 6.39. The maximum atomic E-state index is 12.6. The zero-order chi connectivity index (χ0) is 19.1. The van der Waals surface area contributed by atoms with Crippen LogP contribution in [-0.4, -0.2) is 37.7 Å². The number of amides is 1. The molecule has 27 heavy (non-hydrogen) atoms. The van der Waals surface area contributed by atoms with Crippen LogP contribution in [0.25, 0.3) is 0 Å². The van der Waals surface area contributed by atoms with Gasteiger partial charge in [0.2, 0.25) is 5.91 Å². The van der Waals surface area contributed by atoms with Crippen LogP contribution in [0.2, 0.25) is 0 Å². The van der Waals surface area contributed by atoms with Gasteiger partial charge in [-0.1, -0.05) is 18.2 Å². The Hall–Kier alpha value is -2.60. The summed E-state index contributed by atoms with van der Waals surface area (Å²) < 4.78 is 11.2. The lowest BCUT2D eigenvalue weighted by atomic mass is 9.90. The van der Waals surface area contributed by atoms with Crippen molar-refractivity contribution in [2.75, 3.05) is 26.8 Å². The summed E-state index contributed by atoms with van der Waals surface area (Å²) in [5.41, 5.74) is 1.94. The summed E-state index contributed by atoms with van der Waals surface area (Å²) >= 11 is 0. The highest BCUT2D eigenvalue weighted by atomic mass is 16.5. The molecule has 2 N–H and O–H groups in total. The van der Waals surface area contributed by atoms with Crippen LogP contribution in [0.3, 0.4) is 0 Å². The van der Waals surface area contributed by atoms with E-state index in [1.807, 2.05) is 43.3 Å². The van der Waals surface area contributed by atoms with Crippen molar-refractivity contribution in [3.63, 3.8) is 0 Å². The van der Waals surface area contributed by atoms with Crippen LogP contribution in [0.1, 0.15) is 17.7 Å². The third-order valence-electron chi connectivity index (χ3n) is 4.83. The Morgan fingerprint density at radius 3 is 2.89 bits per heavy atom. The molecule has 1 saturated heterocycles. The van der Waals surface area contributed by atoms with Crippen LogP contribution in [0, 0.1) is 18.8 Å². The van der Waals surface area contributed by atoms with E-state index in [0.29, 0.717) is 25.6 Å². The number of methoxy groups -OCH3 is 1. The van der Waals surface area contributed by atoms with E-state index in [1.54, 1.807) is 13.3 Å². The molecule has 0 unspecified atom stereocenters. The minimum Gasteiger partial charge on any atom is -0.496 e. The second-order valence-corrected chi connectivity index (χ2v) is 6.93. The number of rotatable bonds is 7. The van der Waals surface area contributed by atoms with Crippen molar-refractivity contribution in [3.8, 4) is 11.5 Å². The Morgan fingerprint density at radius 2 is 2.11 bits per heavy atom. The molecule has 2 aromatic rings. The van der Waals surface area contributed by atoms with Crippen molar-refractivity contribution in [2.45, 2.75) is 19.9 Å². The molecule has 2 atom stereocenters. The lowest BCUT2D eigenvalue weighted by Crippen LogP contribution is -2.45. The lowest BCUT2D eigenvalue weighted by molar-refractivity contribution is -0.126. The van der Waals surface area contributed by atoms with Crippen molar-refractivity contribution in [1.29, 1.82) is 0 Å². The number of benzene rings is 1. The van der Waals surface area contributed by atoms with Gasteiger partial charge in [0.15, 0.2) is 0 Å². The Kier molecular flexibility index (Phi) is 6.65. The number of hydrogen-bond acceptors (Lipinski definition) is 5. The van der Waals surface area contributed by atoms with Crippen LogP contribution >= 0.6 is 0 Å². The molecule has 1 fully saturated rings. The molecule has 1 aromatic carbocycles. The molecule has 3 rings (SSSR count). The maximum Gasteiger partial charge on any atom is 0.224 e. The molecule has 6 heteroatoms. The number of aromatic nitrogens is 1. The van der Waals surface area contributed by atoms with E-state index in [1.165, 1.54) is 0 Å². The van der Waals surface area contributed by atoms with Crippen LogP contribution in [0.15, 0.2) is 42.6 Å². The first-order valence-electron chi connectivity index (χ1n) is 9.31. The summed E-state index contributed by atoms with van der Waals surface area (Å²) in [6, 6.07) is 11.6. The van der Waals surface area contributed by atoms with Crippen LogP contribution in [-0.2, 0) is 11.3 Å². The Balaban J connectivity index is 1.48. The van der Waals surface area contributed by atoms with Gasteiger partial charge in [0.25, 0.3) is 0 Å². The maximum absolute atomic E-state index is 12.6. The summed E-state index contributed by atoms with van der Waals surface area (Å²) in [6.07, 6.45) is 2.55. The quantitative estimate of drug-likeness (QED) is 0.784. The third-order valence-corrected chi connectivity index (χ3v) is 4.83. The molecule has 1 aliphatic rings. The molecule has 144 valence electrons. The summed E-state index contributed by atoms with van der Waals surface area (Å²) in [4.78, 5) is 16.8. The molecular weight excluding hydrogens is 342 g/mol. The molecule has 2 heterocycles. The van der Waals surface area contributed by atoms with Gasteiger partial charge in [0.1, 0.15) is 11.5 Å². The number of hydrogen-bond donors (Lipinski definition) is 2. The van der Waals surface area contributed by atoms with Gasteiger partial charge in [-0.2, -0.15) is 0 Å². The van der Waals surface area contributed by atoms with Gasteiger partial charge in [-0.3, -0.25) is 9.78 Å². The van der Waals surface area contributed by atoms with Crippen LogP contribution in [0.4, 0.5) is 0 Å². The minimum atomic E-state index is -0.0572. The third kappa shape index (κ3) is 5.44. The molecule has 0 radical (unpaired) electrons. The molecular formula is C21H27N3O3. The van der Waals surface area contributed by atoms with E-state index in [4.69, 9.17) is 9.47 Å². The number of carbonyl (C=O) groups excluding carboxylic acids is 1. The number of ether oxygens (including phenoxy) is 2. The fourth-order valence-corrected chi connectivity index (χ4v) is 3.29.